The lowest BCUT2D eigenvalue weighted by molar-refractivity contribution is -0.204. The Labute approximate surface area is 539 Å². The highest BCUT2D eigenvalue weighted by Crippen LogP contribution is 2.68. The normalized spacial score (nSPS) is 35.3. The van der Waals surface area contributed by atoms with Crippen molar-refractivity contribution >= 4 is 85.6 Å². The number of piperidine rings is 1. The number of Topliss-reactive ketones (excluding diaryl/α,β-unsaturated/α-hetero) is 2. The molecule has 2 unspecified atom stereocenters. The van der Waals surface area contributed by atoms with Crippen LogP contribution in [0.25, 0.3) is 10.9 Å². The quantitative estimate of drug-likeness (QED) is 0.0194. The van der Waals surface area contributed by atoms with Crippen LogP contribution in [0.3, 0.4) is 0 Å². The van der Waals surface area contributed by atoms with Gasteiger partial charge >= 0.3 is 24.2 Å². The van der Waals surface area contributed by atoms with Gasteiger partial charge in [-0.25, -0.2) is 19.8 Å². The first-order valence-corrected chi connectivity index (χ1v) is 34.0. The molecule has 2 aromatic carbocycles. The van der Waals surface area contributed by atoms with E-state index in [1.54, 1.807) is 19.1 Å². The zero-order chi connectivity index (χ0) is 65.4. The molecule has 10 aliphatic rings. The predicted octanol–water partition coefficient (Wildman–Crippen LogP) is 3.02. The molecule has 9 heterocycles. The van der Waals surface area contributed by atoms with Crippen LogP contribution < -0.4 is 26.2 Å². The number of benzene rings is 2. The molecular formula is C64H80N10O16S2. The SMILES string of the molecule is CC[C@]1(O)C[C@H]2CN(CCc3c([nH]c4ccccc34)[C@@](C(=O)OC)(c3cc4c(cc3OC)N(C)[C@H]3[C@@](O)(C(=O)NNC(=O)OCCSSCCOC(=O)N5[C@H]6[C@@H]5CN5C7=C(C(=O)C(=N)C(C)C7=O)[C@@H](COC(N)=O)[C@@]65OC)[C@H](O)[C@]5(CC)C=CCN6CC[C@]43[C@@H]65)C2)C1. The van der Waals surface area contributed by atoms with E-state index in [0.717, 1.165) is 22.0 Å². The van der Waals surface area contributed by atoms with Gasteiger partial charge in [-0.05, 0) is 81.2 Å². The predicted molar refractivity (Wildman–Crippen MR) is 337 cm³/mol. The molecular weight excluding hydrogens is 1230 g/mol. The number of anilines is 1. The van der Waals surface area contributed by atoms with Gasteiger partial charge in [-0.3, -0.25) is 39.3 Å². The van der Waals surface area contributed by atoms with Gasteiger partial charge in [0.1, 0.15) is 43.1 Å². The van der Waals surface area contributed by atoms with Crippen LogP contribution in [0.2, 0.25) is 0 Å². The largest absolute Gasteiger partial charge is 0.496 e. The first kappa shape index (κ1) is 63.8. The molecule has 28 heteroatoms. The molecule has 13 rings (SSSR count). The molecule has 2 aliphatic carbocycles. The highest BCUT2D eigenvalue weighted by Gasteiger charge is 2.80. The fourth-order valence-corrected chi connectivity index (χ4v) is 20.3. The Bertz CT molecular complexity index is 3680. The number of likely N-dealkylation sites (N-methyl/N-ethyl adjacent to an activating group) is 1. The molecule has 0 radical (unpaired) electrons. The number of ether oxygens (including phenoxy) is 6. The third-order valence-corrected chi connectivity index (χ3v) is 24.7. The Morgan fingerprint density at radius 3 is 2.38 bits per heavy atom. The maximum atomic E-state index is 15.6. The maximum absolute atomic E-state index is 15.6. The minimum atomic E-state index is -2.60. The second-order valence-electron chi connectivity index (χ2n) is 26.4. The Morgan fingerprint density at radius 1 is 0.924 bits per heavy atom. The number of carbonyl (C=O) groups is 7. The molecule has 8 aliphatic heterocycles. The number of methoxy groups -OCH3 is 3. The second-order valence-corrected chi connectivity index (χ2v) is 29.1. The summed E-state index contributed by atoms with van der Waals surface area (Å²) in [5.41, 5.74) is 5.30. The average molecular weight is 1310 g/mol. The highest BCUT2D eigenvalue weighted by molar-refractivity contribution is 8.76. The number of carbonyl (C=O) groups excluding carboxylic acids is 7. The highest BCUT2D eigenvalue weighted by atomic mass is 33.1. The second kappa shape index (κ2) is 23.2. The summed E-state index contributed by atoms with van der Waals surface area (Å²) in [6.07, 6.45) is 1.98. The molecule has 4 saturated heterocycles. The van der Waals surface area contributed by atoms with Crippen molar-refractivity contribution < 1.29 is 77.3 Å². The number of hydrogen-bond donors (Lipinski definition) is 8. The number of aromatic nitrogens is 1. The first-order chi connectivity index (χ1) is 44.0. The Kier molecular flexibility index (Phi) is 16.1. The minimum Gasteiger partial charge on any atom is -0.496 e. The van der Waals surface area contributed by atoms with Crippen molar-refractivity contribution in [1.29, 1.82) is 5.41 Å². The summed E-state index contributed by atoms with van der Waals surface area (Å²) in [5, 5.41) is 48.0. The van der Waals surface area contributed by atoms with Gasteiger partial charge in [-0.2, -0.15) is 0 Å². The number of aliphatic hydroxyl groups excluding tert-OH is 1. The minimum absolute atomic E-state index is 0.00489. The third kappa shape index (κ3) is 9.02. The van der Waals surface area contributed by atoms with Crippen LogP contribution in [0.15, 0.2) is 59.8 Å². The van der Waals surface area contributed by atoms with E-state index in [1.165, 1.54) is 47.6 Å². The van der Waals surface area contributed by atoms with Crippen LogP contribution >= 0.6 is 21.6 Å². The fraction of sp³-hybridized carbons (Fsp3) is 0.594. The number of H-pyrrole nitrogens is 1. The van der Waals surface area contributed by atoms with Crippen molar-refractivity contribution in [3.8, 4) is 5.75 Å². The number of nitrogens with two attached hydrogens (primary N) is 1. The summed E-state index contributed by atoms with van der Waals surface area (Å²) in [7, 11) is 8.78. The molecule has 1 aromatic heterocycles. The number of hydrogen-bond acceptors (Lipinski definition) is 23. The number of aromatic amines is 1. The number of piperazine rings is 1. The number of ketones is 2. The van der Waals surface area contributed by atoms with E-state index in [2.05, 4.69) is 31.7 Å². The number of nitrogens with one attached hydrogen (secondary N) is 4. The van der Waals surface area contributed by atoms with Crippen LogP contribution in [0.5, 0.6) is 5.75 Å². The van der Waals surface area contributed by atoms with E-state index in [1.807, 2.05) is 61.2 Å². The van der Waals surface area contributed by atoms with E-state index >= 15 is 9.59 Å². The summed E-state index contributed by atoms with van der Waals surface area (Å²) in [4.78, 5) is 110. The molecule has 92 heavy (non-hydrogen) atoms. The lowest BCUT2D eigenvalue weighted by Crippen LogP contribution is -2.82. The van der Waals surface area contributed by atoms with Crippen LogP contribution in [0.4, 0.5) is 20.1 Å². The number of rotatable bonds is 16. The van der Waals surface area contributed by atoms with Crippen molar-refractivity contribution in [3.63, 3.8) is 0 Å². The van der Waals surface area contributed by atoms with E-state index in [-0.39, 0.29) is 54.8 Å². The summed E-state index contributed by atoms with van der Waals surface area (Å²) < 4.78 is 34.7. The van der Waals surface area contributed by atoms with Gasteiger partial charge in [0.15, 0.2) is 17.1 Å². The average Bonchev–Trinajstić information content (AvgIpc) is 1.47. The van der Waals surface area contributed by atoms with Gasteiger partial charge < -0.3 is 69.7 Å². The molecule has 5 fully saturated rings. The third-order valence-electron chi connectivity index (χ3n) is 22.4. The summed E-state index contributed by atoms with van der Waals surface area (Å²) in [5.74, 6) is -3.88. The molecule has 9 N–H and O–H groups in total. The van der Waals surface area contributed by atoms with Crippen molar-refractivity contribution in [2.75, 3.05) is 104 Å². The van der Waals surface area contributed by atoms with Crippen molar-refractivity contribution in [1.82, 2.24) is 35.4 Å². The van der Waals surface area contributed by atoms with E-state index < -0.39 is 124 Å². The van der Waals surface area contributed by atoms with Crippen molar-refractivity contribution in [2.45, 2.75) is 117 Å². The van der Waals surface area contributed by atoms with Gasteiger partial charge in [-0.1, -0.05) is 65.8 Å². The van der Waals surface area contributed by atoms with Crippen LogP contribution in [0, 0.1) is 28.6 Å². The van der Waals surface area contributed by atoms with E-state index in [0.29, 0.717) is 93.3 Å². The first-order valence-electron chi connectivity index (χ1n) is 31.5. The van der Waals surface area contributed by atoms with Gasteiger partial charge in [0.25, 0.3) is 5.91 Å². The van der Waals surface area contributed by atoms with E-state index in [4.69, 9.17) is 39.6 Å². The number of allylic oxidation sites excluding steroid dienone is 1. The fourth-order valence-electron chi connectivity index (χ4n) is 18.6. The molecule has 2 bridgehead atoms. The van der Waals surface area contributed by atoms with Crippen molar-refractivity contribution in [3.05, 3.63) is 82.2 Å². The lowest BCUT2D eigenvalue weighted by Gasteiger charge is -2.63. The van der Waals surface area contributed by atoms with Crippen LogP contribution in [0.1, 0.15) is 75.3 Å². The Balaban J connectivity index is 0.699. The van der Waals surface area contributed by atoms with Crippen molar-refractivity contribution in [2.24, 2.45) is 28.9 Å². The molecule has 1 saturated carbocycles. The maximum Gasteiger partial charge on any atom is 0.426 e. The number of amides is 4. The number of primary amides is 1. The molecule has 15 atom stereocenters. The topological polar surface area (TPSA) is 341 Å². The molecule has 3 aromatic rings. The van der Waals surface area contributed by atoms with Gasteiger partial charge in [0.2, 0.25) is 5.78 Å². The van der Waals surface area contributed by atoms with Gasteiger partial charge in [-0.15, -0.1) is 0 Å². The van der Waals surface area contributed by atoms with Gasteiger partial charge in [0, 0.05) is 115 Å². The number of fused-ring (bicyclic) bond motifs is 10. The smallest absolute Gasteiger partial charge is 0.426 e. The van der Waals surface area contributed by atoms with Crippen LogP contribution in [-0.2, 0) is 60.1 Å². The number of esters is 1. The molecule has 1 spiro atoms. The van der Waals surface area contributed by atoms with Crippen LogP contribution in [-0.4, -0.2) is 234 Å². The molecule has 494 valence electrons. The van der Waals surface area contributed by atoms with Gasteiger partial charge in [0.05, 0.1) is 55.1 Å². The number of hydrazine groups is 1. The zero-order valence-corrected chi connectivity index (χ0v) is 54.2. The lowest BCUT2D eigenvalue weighted by atomic mass is 9.47. The summed E-state index contributed by atoms with van der Waals surface area (Å²) in [6.45, 7) is 7.89. The number of para-hydroxylation sites is 1. The number of nitrogens with zero attached hydrogens (tertiary/aromatic N) is 5. The summed E-state index contributed by atoms with van der Waals surface area (Å²) in [6, 6.07) is 9.18. The molecule has 26 nitrogen and oxygen atoms in total. The standard InChI is InChI=1S/C64H80N10O16S2/c1-8-59(83)27-34-28-62(55(79)86-6,49-36(15-19-71(29-34)32-59)35-13-10-11-14-40(35)67-49)38-25-37-41(26-43(38)85-5)70(4)52-61(37)17-20-72-18-12-16-60(9-2,51(61)72)53(77)63(52,84)54(78)68-69-57(81)88-21-23-91-92-24-22-89-58(82)74-42-30-73-46-44(48(76)45(65)33(3)47(46)75)39(31-90-56(66)80)64(73,87-7)50(42)74/h10-14,16,25-26,33-34,39,42,50-53,65,67,77,83-84H,8-9,15,17-24,27-32H2,1-7H3,(H2,66,80)(H,68,78)(H,69,81)/t33?,34-,39-,42+,50+,51+,52-,53-,59+,60-,61-,62+,63+,64-,74?/m1/s1. The number of aliphatic hydroxyl groups is 3. The molecule has 4 amide bonds. The zero-order valence-electron chi connectivity index (χ0n) is 52.5. The monoisotopic (exact) mass is 1310 g/mol. The van der Waals surface area contributed by atoms with E-state index in [9.17, 15) is 39.3 Å². The summed E-state index contributed by atoms with van der Waals surface area (Å²) >= 11 is 0. The Hall–Kier alpha value is -6.92. The Morgan fingerprint density at radius 2 is 1.67 bits per heavy atom.